The van der Waals surface area contributed by atoms with Crippen molar-refractivity contribution in [2.45, 2.75) is 19.4 Å². The van der Waals surface area contributed by atoms with Gasteiger partial charge in [-0.1, -0.05) is 0 Å². The molecule has 0 aromatic rings. The molecule has 1 unspecified atom stereocenters. The quantitative estimate of drug-likeness (QED) is 0.551. The molecule has 3 N–H and O–H groups in total. The summed E-state index contributed by atoms with van der Waals surface area (Å²) in [5.41, 5.74) is 4.78. The summed E-state index contributed by atoms with van der Waals surface area (Å²) in [5, 5.41) is 2.53. The molecule has 0 aliphatic rings. The monoisotopic (exact) mass is 196 g/mol. The molecule has 0 rings (SSSR count). The van der Waals surface area contributed by atoms with Crippen LogP contribution < -0.4 is 11.1 Å². The molecule has 0 aliphatic heterocycles. The second kappa shape index (κ2) is 6.73. The maximum atomic E-state index is 11.9. The van der Waals surface area contributed by atoms with Crippen LogP contribution in [-0.4, -0.2) is 38.1 Å². The molecule has 0 fully saturated rings. The number of hydrogen-bond donors (Lipinski definition) is 2. The zero-order valence-electron chi connectivity index (χ0n) is 7.43. The van der Waals surface area contributed by atoms with Crippen molar-refractivity contribution in [3.05, 3.63) is 0 Å². The van der Waals surface area contributed by atoms with E-state index in [-0.39, 0.29) is 19.8 Å². The zero-order valence-corrected chi connectivity index (χ0v) is 7.43. The fraction of sp³-hybridized carbons (Fsp3) is 0.857. The molecular formula is C7H14F2N2O2. The molecule has 0 saturated heterocycles. The van der Waals surface area contributed by atoms with Gasteiger partial charge in [0.25, 0.3) is 6.43 Å². The lowest BCUT2D eigenvalue weighted by Gasteiger charge is -2.11. The number of primary amides is 1. The summed E-state index contributed by atoms with van der Waals surface area (Å²) < 4.78 is 28.5. The average molecular weight is 196 g/mol. The lowest BCUT2D eigenvalue weighted by atomic mass is 10.3. The summed E-state index contributed by atoms with van der Waals surface area (Å²) in [6, 6.07) is -0.864. The summed E-state index contributed by atoms with van der Waals surface area (Å²) in [4.78, 5) is 10.2. The fourth-order valence-corrected chi connectivity index (χ4v) is 0.621. The standard InChI is InChI=1S/C7H14F2N2O2/c1-5(7(8)9)11-2-3-13-4-6(10)12/h5,7,11H,2-4H2,1H3,(H2,10,12). The Balaban J connectivity index is 3.21. The summed E-state index contributed by atoms with van der Waals surface area (Å²) >= 11 is 0. The molecule has 0 aromatic carbocycles. The van der Waals surface area contributed by atoms with Crippen LogP contribution in [0.15, 0.2) is 0 Å². The van der Waals surface area contributed by atoms with E-state index in [1.807, 2.05) is 0 Å². The van der Waals surface area contributed by atoms with Gasteiger partial charge in [0.15, 0.2) is 0 Å². The van der Waals surface area contributed by atoms with Crippen molar-refractivity contribution in [3.63, 3.8) is 0 Å². The lowest BCUT2D eigenvalue weighted by molar-refractivity contribution is -0.122. The normalized spacial score (nSPS) is 13.2. The highest BCUT2D eigenvalue weighted by Gasteiger charge is 2.12. The SMILES string of the molecule is CC(NCCOCC(N)=O)C(F)F. The molecule has 6 heteroatoms. The van der Waals surface area contributed by atoms with Crippen LogP contribution in [0.25, 0.3) is 0 Å². The van der Waals surface area contributed by atoms with E-state index in [0.29, 0.717) is 0 Å². The highest BCUT2D eigenvalue weighted by atomic mass is 19.3. The average Bonchev–Trinajstić information content (AvgIpc) is 2.02. The van der Waals surface area contributed by atoms with Crippen LogP contribution in [0.3, 0.4) is 0 Å². The summed E-state index contributed by atoms with van der Waals surface area (Å²) in [6.45, 7) is 1.67. The fourth-order valence-electron chi connectivity index (χ4n) is 0.621. The Morgan fingerprint density at radius 2 is 2.23 bits per heavy atom. The first-order valence-electron chi connectivity index (χ1n) is 3.91. The molecule has 1 atom stereocenters. The summed E-state index contributed by atoms with van der Waals surface area (Å²) in [7, 11) is 0. The van der Waals surface area contributed by atoms with Crippen molar-refractivity contribution in [2.75, 3.05) is 19.8 Å². The molecule has 4 nitrogen and oxygen atoms in total. The Bertz CT molecular complexity index is 155. The van der Waals surface area contributed by atoms with Gasteiger partial charge in [0.05, 0.1) is 12.6 Å². The molecule has 0 aromatic heterocycles. The van der Waals surface area contributed by atoms with E-state index >= 15 is 0 Å². The Hall–Kier alpha value is -0.750. The smallest absolute Gasteiger partial charge is 0.253 e. The topological polar surface area (TPSA) is 64.3 Å². The van der Waals surface area contributed by atoms with E-state index < -0.39 is 18.4 Å². The van der Waals surface area contributed by atoms with Crippen LogP contribution in [0, 0.1) is 0 Å². The lowest BCUT2D eigenvalue weighted by Crippen LogP contribution is -2.35. The van der Waals surface area contributed by atoms with E-state index in [1.165, 1.54) is 6.92 Å². The molecule has 78 valence electrons. The number of amides is 1. The summed E-state index contributed by atoms with van der Waals surface area (Å²) in [5.74, 6) is -0.568. The first-order valence-corrected chi connectivity index (χ1v) is 3.91. The van der Waals surface area contributed by atoms with E-state index in [9.17, 15) is 13.6 Å². The number of carbonyl (C=O) groups is 1. The third kappa shape index (κ3) is 7.61. The molecule has 0 spiro atoms. The van der Waals surface area contributed by atoms with Crippen LogP contribution in [0.4, 0.5) is 8.78 Å². The van der Waals surface area contributed by atoms with Gasteiger partial charge in [-0.15, -0.1) is 0 Å². The van der Waals surface area contributed by atoms with Gasteiger partial charge in [0, 0.05) is 6.54 Å². The molecule has 13 heavy (non-hydrogen) atoms. The van der Waals surface area contributed by atoms with Crippen molar-refractivity contribution in [3.8, 4) is 0 Å². The molecule has 1 amide bonds. The molecule has 0 radical (unpaired) electrons. The minimum atomic E-state index is -2.39. The minimum absolute atomic E-state index is 0.176. The minimum Gasteiger partial charge on any atom is -0.370 e. The number of rotatable bonds is 7. The number of alkyl halides is 2. The molecular weight excluding hydrogens is 182 g/mol. The van der Waals surface area contributed by atoms with Crippen molar-refractivity contribution in [1.29, 1.82) is 0 Å². The largest absolute Gasteiger partial charge is 0.370 e. The number of carbonyl (C=O) groups excluding carboxylic acids is 1. The predicted octanol–water partition coefficient (Wildman–Crippen LogP) is -0.268. The first kappa shape index (κ1) is 12.2. The number of nitrogens with two attached hydrogens (primary N) is 1. The molecule has 0 saturated carbocycles. The van der Waals surface area contributed by atoms with E-state index in [2.05, 4.69) is 5.32 Å². The van der Waals surface area contributed by atoms with Gasteiger partial charge in [0.1, 0.15) is 6.61 Å². The van der Waals surface area contributed by atoms with Gasteiger partial charge in [-0.05, 0) is 6.92 Å². The number of hydrogen-bond acceptors (Lipinski definition) is 3. The van der Waals surface area contributed by atoms with Gasteiger partial charge in [0.2, 0.25) is 5.91 Å². The van der Waals surface area contributed by atoms with E-state index in [1.54, 1.807) is 0 Å². The maximum absolute atomic E-state index is 11.9. The Labute approximate surface area is 75.4 Å². The summed E-state index contributed by atoms with van der Waals surface area (Å²) in [6.07, 6.45) is -2.39. The Morgan fingerprint density at radius 1 is 1.62 bits per heavy atom. The van der Waals surface area contributed by atoms with Crippen molar-refractivity contribution in [2.24, 2.45) is 5.73 Å². The Morgan fingerprint density at radius 3 is 2.69 bits per heavy atom. The molecule has 0 bridgehead atoms. The van der Waals surface area contributed by atoms with Crippen LogP contribution >= 0.6 is 0 Å². The highest BCUT2D eigenvalue weighted by Crippen LogP contribution is 1.97. The maximum Gasteiger partial charge on any atom is 0.253 e. The highest BCUT2D eigenvalue weighted by molar-refractivity contribution is 5.74. The van der Waals surface area contributed by atoms with Crippen LogP contribution in [0.5, 0.6) is 0 Å². The first-order chi connectivity index (χ1) is 6.04. The second-order valence-corrected chi connectivity index (χ2v) is 2.60. The third-order valence-corrected chi connectivity index (χ3v) is 1.33. The van der Waals surface area contributed by atoms with E-state index in [0.717, 1.165) is 0 Å². The van der Waals surface area contributed by atoms with Crippen LogP contribution in [0.1, 0.15) is 6.92 Å². The van der Waals surface area contributed by atoms with Crippen molar-refractivity contribution in [1.82, 2.24) is 5.32 Å². The van der Waals surface area contributed by atoms with E-state index in [4.69, 9.17) is 10.5 Å². The third-order valence-electron chi connectivity index (χ3n) is 1.33. The second-order valence-electron chi connectivity index (χ2n) is 2.60. The van der Waals surface area contributed by atoms with Gasteiger partial charge < -0.3 is 15.8 Å². The van der Waals surface area contributed by atoms with Crippen LogP contribution in [-0.2, 0) is 9.53 Å². The zero-order chi connectivity index (χ0) is 10.3. The predicted molar refractivity (Wildman–Crippen MR) is 43.5 cm³/mol. The molecule has 0 heterocycles. The Kier molecular flexibility index (Phi) is 6.34. The molecule has 0 aliphatic carbocycles. The van der Waals surface area contributed by atoms with Gasteiger partial charge in [-0.3, -0.25) is 4.79 Å². The van der Waals surface area contributed by atoms with Crippen molar-refractivity contribution < 1.29 is 18.3 Å². The van der Waals surface area contributed by atoms with Gasteiger partial charge in [-0.25, -0.2) is 8.78 Å². The number of nitrogens with one attached hydrogen (secondary N) is 1. The van der Waals surface area contributed by atoms with Gasteiger partial charge >= 0.3 is 0 Å². The number of halogens is 2. The van der Waals surface area contributed by atoms with Gasteiger partial charge in [-0.2, -0.15) is 0 Å². The van der Waals surface area contributed by atoms with Crippen LogP contribution in [0.2, 0.25) is 0 Å². The van der Waals surface area contributed by atoms with Crippen molar-refractivity contribution >= 4 is 5.91 Å². The number of ether oxygens (including phenoxy) is 1.